The number of aryl methyl sites for hydroxylation is 1. The number of aromatic nitrogens is 1. The van der Waals surface area contributed by atoms with E-state index >= 15 is 0 Å². The SMILES string of the molecule is Cc1ccc(OC/C(F)=C\CN)cn1. The maximum Gasteiger partial charge on any atom is 0.139 e. The molecule has 1 aromatic heterocycles. The molecule has 0 saturated heterocycles. The number of pyridine rings is 1. The van der Waals surface area contributed by atoms with Crippen LogP contribution in [0.4, 0.5) is 4.39 Å². The topological polar surface area (TPSA) is 48.1 Å². The van der Waals surface area contributed by atoms with E-state index in [1.807, 2.05) is 6.92 Å². The Morgan fingerprint density at radius 2 is 2.43 bits per heavy atom. The molecule has 0 aliphatic heterocycles. The van der Waals surface area contributed by atoms with Crippen molar-refractivity contribution in [3.63, 3.8) is 0 Å². The van der Waals surface area contributed by atoms with Gasteiger partial charge in [-0.1, -0.05) is 0 Å². The standard InChI is InChI=1S/C10H13FN2O/c1-8-2-3-10(6-13-8)14-7-9(11)4-5-12/h2-4,6H,5,7,12H2,1H3/b9-4+. The number of nitrogens with zero attached hydrogens (tertiary/aromatic N) is 1. The summed E-state index contributed by atoms with van der Waals surface area (Å²) in [5.74, 6) is 0.184. The Morgan fingerprint density at radius 1 is 1.64 bits per heavy atom. The van der Waals surface area contributed by atoms with E-state index < -0.39 is 0 Å². The van der Waals surface area contributed by atoms with Gasteiger partial charge in [-0.05, 0) is 25.1 Å². The van der Waals surface area contributed by atoms with Gasteiger partial charge < -0.3 is 10.5 Å². The van der Waals surface area contributed by atoms with Crippen molar-refractivity contribution in [1.82, 2.24) is 4.98 Å². The maximum atomic E-state index is 12.8. The molecule has 0 fully saturated rings. The van der Waals surface area contributed by atoms with E-state index in [2.05, 4.69) is 4.98 Å². The molecule has 0 aromatic carbocycles. The van der Waals surface area contributed by atoms with Crippen LogP contribution in [0.25, 0.3) is 0 Å². The summed E-state index contributed by atoms with van der Waals surface area (Å²) >= 11 is 0. The zero-order chi connectivity index (χ0) is 10.4. The van der Waals surface area contributed by atoms with Crippen LogP contribution in [0.2, 0.25) is 0 Å². The van der Waals surface area contributed by atoms with Gasteiger partial charge in [-0.25, -0.2) is 4.39 Å². The smallest absolute Gasteiger partial charge is 0.139 e. The molecule has 4 heteroatoms. The van der Waals surface area contributed by atoms with E-state index in [1.165, 1.54) is 6.08 Å². The lowest BCUT2D eigenvalue weighted by molar-refractivity contribution is 0.317. The zero-order valence-electron chi connectivity index (χ0n) is 8.03. The minimum Gasteiger partial charge on any atom is -0.485 e. The van der Waals surface area contributed by atoms with Gasteiger partial charge in [0.1, 0.15) is 18.2 Å². The summed E-state index contributed by atoms with van der Waals surface area (Å²) in [4.78, 5) is 4.01. The second-order valence-corrected chi connectivity index (χ2v) is 2.81. The minimum atomic E-state index is -0.368. The maximum absolute atomic E-state index is 12.8. The van der Waals surface area contributed by atoms with Crippen molar-refractivity contribution in [1.29, 1.82) is 0 Å². The van der Waals surface area contributed by atoms with Crippen LogP contribution in [0, 0.1) is 6.92 Å². The van der Waals surface area contributed by atoms with Gasteiger partial charge in [0.25, 0.3) is 0 Å². The molecule has 14 heavy (non-hydrogen) atoms. The lowest BCUT2D eigenvalue weighted by atomic mass is 10.4. The average molecular weight is 196 g/mol. The summed E-state index contributed by atoms with van der Waals surface area (Å²) in [6.45, 7) is 1.96. The third kappa shape index (κ3) is 3.53. The van der Waals surface area contributed by atoms with Crippen LogP contribution in [0.1, 0.15) is 5.69 Å². The first-order chi connectivity index (χ1) is 6.72. The Balaban J connectivity index is 2.46. The second-order valence-electron chi connectivity index (χ2n) is 2.81. The fourth-order valence-corrected chi connectivity index (χ4v) is 0.879. The molecule has 0 aliphatic carbocycles. The highest BCUT2D eigenvalue weighted by atomic mass is 19.1. The molecule has 76 valence electrons. The fourth-order valence-electron chi connectivity index (χ4n) is 0.879. The van der Waals surface area contributed by atoms with E-state index in [0.29, 0.717) is 5.75 Å². The highest BCUT2D eigenvalue weighted by Crippen LogP contribution is 2.10. The first kappa shape index (κ1) is 10.7. The zero-order valence-corrected chi connectivity index (χ0v) is 8.03. The van der Waals surface area contributed by atoms with E-state index in [9.17, 15) is 4.39 Å². The number of halogens is 1. The predicted molar refractivity (Wildman–Crippen MR) is 52.7 cm³/mol. The van der Waals surface area contributed by atoms with Crippen LogP contribution in [-0.4, -0.2) is 18.1 Å². The second kappa shape index (κ2) is 5.34. The fraction of sp³-hybridized carbons (Fsp3) is 0.300. The monoisotopic (exact) mass is 196 g/mol. The summed E-state index contributed by atoms with van der Waals surface area (Å²) in [6, 6.07) is 3.55. The largest absolute Gasteiger partial charge is 0.485 e. The van der Waals surface area contributed by atoms with Crippen molar-refractivity contribution in [3.8, 4) is 5.75 Å². The molecule has 0 unspecified atom stereocenters. The molecule has 2 N–H and O–H groups in total. The third-order valence-corrected chi connectivity index (χ3v) is 1.60. The molecule has 0 atom stereocenters. The van der Waals surface area contributed by atoms with Gasteiger partial charge >= 0.3 is 0 Å². The van der Waals surface area contributed by atoms with Crippen molar-refractivity contribution in [3.05, 3.63) is 35.9 Å². The first-order valence-electron chi connectivity index (χ1n) is 4.32. The molecule has 1 rings (SSSR count). The highest BCUT2D eigenvalue weighted by Gasteiger charge is 1.97. The molecular formula is C10H13FN2O. The van der Waals surface area contributed by atoms with Crippen LogP contribution in [0.15, 0.2) is 30.2 Å². The molecular weight excluding hydrogens is 183 g/mol. The van der Waals surface area contributed by atoms with Crippen molar-refractivity contribution in [2.45, 2.75) is 6.92 Å². The van der Waals surface area contributed by atoms with Gasteiger partial charge in [0.2, 0.25) is 0 Å². The van der Waals surface area contributed by atoms with Gasteiger partial charge in [-0.15, -0.1) is 0 Å². The van der Waals surface area contributed by atoms with Gasteiger partial charge in [0.05, 0.1) is 6.20 Å². The normalized spacial score (nSPS) is 11.5. The van der Waals surface area contributed by atoms with Gasteiger partial charge in [-0.2, -0.15) is 0 Å². The average Bonchev–Trinajstić information content (AvgIpc) is 2.17. The molecule has 0 spiro atoms. The van der Waals surface area contributed by atoms with Crippen molar-refractivity contribution < 1.29 is 9.13 Å². The number of rotatable bonds is 4. The Morgan fingerprint density at radius 3 is 3.00 bits per heavy atom. The lowest BCUT2D eigenvalue weighted by Crippen LogP contribution is -2.01. The summed E-state index contributed by atoms with van der Waals surface area (Å²) in [5, 5.41) is 0. The third-order valence-electron chi connectivity index (χ3n) is 1.60. The van der Waals surface area contributed by atoms with Crippen LogP contribution in [0.3, 0.4) is 0 Å². The van der Waals surface area contributed by atoms with Crippen LogP contribution < -0.4 is 10.5 Å². The highest BCUT2D eigenvalue weighted by molar-refractivity contribution is 5.19. The molecule has 0 amide bonds. The summed E-state index contributed by atoms with van der Waals surface area (Å²) in [6.07, 6.45) is 2.84. The quantitative estimate of drug-likeness (QED) is 0.795. The number of nitrogens with two attached hydrogens (primary N) is 1. The van der Waals surface area contributed by atoms with Gasteiger partial charge in [0, 0.05) is 12.2 Å². The van der Waals surface area contributed by atoms with E-state index in [1.54, 1.807) is 18.3 Å². The first-order valence-corrected chi connectivity index (χ1v) is 4.32. The van der Waals surface area contributed by atoms with Crippen molar-refractivity contribution in [2.75, 3.05) is 13.2 Å². The molecule has 1 heterocycles. The molecule has 0 radical (unpaired) electrons. The molecule has 1 aromatic rings. The van der Waals surface area contributed by atoms with E-state index in [4.69, 9.17) is 10.5 Å². The summed E-state index contributed by atoms with van der Waals surface area (Å²) in [5.41, 5.74) is 6.03. The Kier molecular flexibility index (Phi) is 4.07. The predicted octanol–water partition coefficient (Wildman–Crippen LogP) is 1.58. The summed E-state index contributed by atoms with van der Waals surface area (Å²) in [7, 11) is 0. The van der Waals surface area contributed by atoms with E-state index in [0.717, 1.165) is 5.69 Å². The minimum absolute atomic E-state index is 0.0953. The van der Waals surface area contributed by atoms with E-state index in [-0.39, 0.29) is 19.0 Å². The van der Waals surface area contributed by atoms with Crippen LogP contribution >= 0.6 is 0 Å². The molecule has 3 nitrogen and oxygen atoms in total. The molecule has 0 saturated carbocycles. The molecule has 0 aliphatic rings. The Bertz CT molecular complexity index is 308. The number of hydrogen-bond donors (Lipinski definition) is 1. The Labute approximate surface area is 82.4 Å². The van der Waals surface area contributed by atoms with Crippen LogP contribution in [0.5, 0.6) is 5.75 Å². The number of ether oxygens (including phenoxy) is 1. The van der Waals surface area contributed by atoms with Crippen molar-refractivity contribution in [2.24, 2.45) is 5.73 Å². The lowest BCUT2D eigenvalue weighted by Gasteiger charge is -2.03. The number of hydrogen-bond acceptors (Lipinski definition) is 3. The van der Waals surface area contributed by atoms with Crippen LogP contribution in [-0.2, 0) is 0 Å². The van der Waals surface area contributed by atoms with Gasteiger partial charge in [0.15, 0.2) is 0 Å². The summed E-state index contributed by atoms with van der Waals surface area (Å²) < 4.78 is 17.9. The van der Waals surface area contributed by atoms with Gasteiger partial charge in [-0.3, -0.25) is 4.98 Å². The van der Waals surface area contributed by atoms with Crippen molar-refractivity contribution >= 4 is 0 Å². The Hall–Kier alpha value is -1.42. The molecule has 0 bridgehead atoms.